The van der Waals surface area contributed by atoms with Gasteiger partial charge < -0.3 is 9.73 Å². The lowest BCUT2D eigenvalue weighted by Crippen LogP contribution is -2.19. The fourth-order valence-electron chi connectivity index (χ4n) is 4.45. The first-order chi connectivity index (χ1) is 9.79. The molecule has 3 atom stereocenters. The number of nitrogens with one attached hydrogen (secondary N) is 1. The average Bonchev–Trinajstić information content (AvgIpc) is 3.00. The monoisotopic (exact) mass is 269 g/mol. The zero-order valence-corrected chi connectivity index (χ0v) is 12.4. The van der Waals surface area contributed by atoms with E-state index in [1.54, 1.807) is 0 Å². The van der Waals surface area contributed by atoms with Crippen LogP contribution < -0.4 is 5.32 Å². The van der Waals surface area contributed by atoms with E-state index in [-0.39, 0.29) is 0 Å². The minimum atomic E-state index is 0.398. The Morgan fingerprint density at radius 2 is 1.95 bits per heavy atom. The molecule has 2 aliphatic rings. The molecule has 1 heterocycles. The van der Waals surface area contributed by atoms with Gasteiger partial charge in [-0.15, -0.1) is 0 Å². The van der Waals surface area contributed by atoms with Crippen LogP contribution in [0, 0.1) is 24.7 Å². The SMILES string of the molecule is CNC(c1cc2cccc(C)c2o1)C1C2CCCCC21. The predicted molar refractivity (Wildman–Crippen MR) is 81.7 cm³/mol. The highest BCUT2D eigenvalue weighted by Gasteiger charge is 2.54. The van der Waals surface area contributed by atoms with Crippen LogP contribution in [0.25, 0.3) is 11.0 Å². The highest BCUT2D eigenvalue weighted by molar-refractivity contribution is 5.81. The van der Waals surface area contributed by atoms with Crippen LogP contribution in [-0.2, 0) is 0 Å². The van der Waals surface area contributed by atoms with Crippen molar-refractivity contribution in [2.75, 3.05) is 7.05 Å². The highest BCUT2D eigenvalue weighted by Crippen LogP contribution is 2.60. The van der Waals surface area contributed by atoms with Crippen LogP contribution in [0.1, 0.15) is 43.0 Å². The number of fused-ring (bicyclic) bond motifs is 2. The maximum Gasteiger partial charge on any atom is 0.137 e. The van der Waals surface area contributed by atoms with Gasteiger partial charge in [0.05, 0.1) is 6.04 Å². The van der Waals surface area contributed by atoms with Gasteiger partial charge in [-0.25, -0.2) is 0 Å². The fourth-order valence-corrected chi connectivity index (χ4v) is 4.45. The normalized spacial score (nSPS) is 30.2. The summed E-state index contributed by atoms with van der Waals surface area (Å²) in [5, 5.41) is 4.76. The van der Waals surface area contributed by atoms with E-state index in [1.807, 2.05) is 0 Å². The van der Waals surface area contributed by atoms with Gasteiger partial charge in [-0.3, -0.25) is 0 Å². The van der Waals surface area contributed by atoms with Gasteiger partial charge >= 0.3 is 0 Å². The van der Waals surface area contributed by atoms with Gasteiger partial charge in [0.25, 0.3) is 0 Å². The van der Waals surface area contributed by atoms with Crippen molar-refractivity contribution in [1.29, 1.82) is 0 Å². The van der Waals surface area contributed by atoms with E-state index in [2.05, 4.69) is 43.6 Å². The second-order valence-corrected chi connectivity index (χ2v) is 6.60. The minimum absolute atomic E-state index is 0.398. The third-order valence-electron chi connectivity index (χ3n) is 5.49. The molecule has 0 saturated heterocycles. The quantitative estimate of drug-likeness (QED) is 0.891. The van der Waals surface area contributed by atoms with Gasteiger partial charge in [0.1, 0.15) is 11.3 Å². The summed E-state index contributed by atoms with van der Waals surface area (Å²) in [6.07, 6.45) is 5.69. The molecule has 20 heavy (non-hydrogen) atoms. The molecule has 3 unspecified atom stereocenters. The van der Waals surface area contributed by atoms with Gasteiger partial charge in [-0.05, 0) is 56.2 Å². The second kappa shape index (κ2) is 4.63. The minimum Gasteiger partial charge on any atom is -0.459 e. The van der Waals surface area contributed by atoms with Crippen molar-refractivity contribution in [1.82, 2.24) is 5.32 Å². The number of hydrogen-bond acceptors (Lipinski definition) is 2. The molecule has 1 aromatic heterocycles. The van der Waals surface area contributed by atoms with E-state index in [0.717, 1.165) is 29.1 Å². The molecular weight excluding hydrogens is 246 g/mol. The highest BCUT2D eigenvalue weighted by atomic mass is 16.3. The molecule has 1 N–H and O–H groups in total. The third-order valence-corrected chi connectivity index (χ3v) is 5.49. The van der Waals surface area contributed by atoms with Crippen LogP contribution in [0.3, 0.4) is 0 Å². The Morgan fingerprint density at radius 3 is 2.60 bits per heavy atom. The molecule has 0 bridgehead atoms. The molecule has 0 spiro atoms. The maximum atomic E-state index is 6.20. The summed E-state index contributed by atoms with van der Waals surface area (Å²) in [5.74, 6) is 3.81. The molecular formula is C18H23NO. The zero-order valence-electron chi connectivity index (χ0n) is 12.4. The van der Waals surface area contributed by atoms with E-state index in [9.17, 15) is 0 Å². The molecule has 0 amide bonds. The van der Waals surface area contributed by atoms with Crippen molar-refractivity contribution in [3.05, 3.63) is 35.6 Å². The Hall–Kier alpha value is -1.28. The van der Waals surface area contributed by atoms with Gasteiger partial charge in [0.15, 0.2) is 0 Å². The molecule has 4 rings (SSSR count). The van der Waals surface area contributed by atoms with E-state index < -0.39 is 0 Å². The zero-order chi connectivity index (χ0) is 13.7. The third kappa shape index (κ3) is 1.81. The summed E-state index contributed by atoms with van der Waals surface area (Å²) >= 11 is 0. The van der Waals surface area contributed by atoms with Crippen molar-refractivity contribution in [3.63, 3.8) is 0 Å². The Balaban J connectivity index is 1.68. The Kier molecular flexibility index (Phi) is 2.88. The average molecular weight is 269 g/mol. The Morgan fingerprint density at radius 1 is 1.20 bits per heavy atom. The van der Waals surface area contributed by atoms with Crippen LogP contribution >= 0.6 is 0 Å². The first kappa shape index (κ1) is 12.5. The number of rotatable bonds is 3. The van der Waals surface area contributed by atoms with E-state index in [1.165, 1.54) is 36.6 Å². The van der Waals surface area contributed by atoms with E-state index >= 15 is 0 Å². The lowest BCUT2D eigenvalue weighted by atomic mass is 10.0. The molecule has 2 nitrogen and oxygen atoms in total. The Labute approximate surface area is 120 Å². The molecule has 2 aliphatic carbocycles. The summed E-state index contributed by atoms with van der Waals surface area (Å²) in [6.45, 7) is 2.13. The van der Waals surface area contributed by atoms with Gasteiger partial charge in [-0.1, -0.05) is 31.0 Å². The molecule has 1 aromatic carbocycles. The standard InChI is InChI=1S/C18H23NO/c1-11-6-5-7-12-10-15(20-18(11)12)17(19-2)16-13-8-3-4-9-14(13)16/h5-7,10,13-14,16-17,19H,3-4,8-9H2,1-2H3. The van der Waals surface area contributed by atoms with E-state index in [4.69, 9.17) is 4.42 Å². The van der Waals surface area contributed by atoms with Crippen molar-refractivity contribution in [2.24, 2.45) is 17.8 Å². The van der Waals surface area contributed by atoms with Crippen LogP contribution in [0.4, 0.5) is 0 Å². The van der Waals surface area contributed by atoms with Crippen LogP contribution in [0.15, 0.2) is 28.7 Å². The number of benzene rings is 1. The van der Waals surface area contributed by atoms with Crippen molar-refractivity contribution in [2.45, 2.75) is 38.6 Å². The first-order valence-corrected chi connectivity index (χ1v) is 7.96. The molecule has 106 valence electrons. The van der Waals surface area contributed by atoms with Crippen LogP contribution in [0.2, 0.25) is 0 Å². The number of furan rings is 1. The summed E-state index contributed by atoms with van der Waals surface area (Å²) in [4.78, 5) is 0. The molecule has 2 fully saturated rings. The Bertz CT molecular complexity index is 617. The van der Waals surface area contributed by atoms with Crippen LogP contribution in [0.5, 0.6) is 0 Å². The summed E-state index contributed by atoms with van der Waals surface area (Å²) in [7, 11) is 2.08. The molecule has 0 radical (unpaired) electrons. The number of aryl methyl sites for hydroxylation is 1. The second-order valence-electron chi connectivity index (χ2n) is 6.60. The lowest BCUT2D eigenvalue weighted by molar-refractivity contribution is 0.395. The summed E-state index contributed by atoms with van der Waals surface area (Å²) in [5.41, 5.74) is 2.29. The predicted octanol–water partition coefficient (Wildman–Crippen LogP) is 4.44. The lowest BCUT2D eigenvalue weighted by Gasteiger charge is -2.13. The summed E-state index contributed by atoms with van der Waals surface area (Å²) in [6, 6.07) is 9.04. The van der Waals surface area contributed by atoms with Gasteiger partial charge in [0, 0.05) is 5.39 Å². The van der Waals surface area contributed by atoms with Crippen molar-refractivity contribution in [3.8, 4) is 0 Å². The largest absolute Gasteiger partial charge is 0.459 e. The maximum absolute atomic E-state index is 6.20. The first-order valence-electron chi connectivity index (χ1n) is 7.96. The van der Waals surface area contributed by atoms with Gasteiger partial charge in [-0.2, -0.15) is 0 Å². The number of hydrogen-bond donors (Lipinski definition) is 1. The topological polar surface area (TPSA) is 25.2 Å². The smallest absolute Gasteiger partial charge is 0.137 e. The van der Waals surface area contributed by atoms with Gasteiger partial charge in [0.2, 0.25) is 0 Å². The molecule has 0 aliphatic heterocycles. The molecule has 2 saturated carbocycles. The van der Waals surface area contributed by atoms with E-state index in [0.29, 0.717) is 6.04 Å². The van der Waals surface area contributed by atoms with Crippen molar-refractivity contribution >= 4 is 11.0 Å². The van der Waals surface area contributed by atoms with Crippen LogP contribution in [-0.4, -0.2) is 7.05 Å². The van der Waals surface area contributed by atoms with Crippen molar-refractivity contribution < 1.29 is 4.42 Å². The summed E-state index contributed by atoms with van der Waals surface area (Å²) < 4.78 is 6.20. The number of para-hydroxylation sites is 1. The molecule has 2 heteroatoms. The molecule has 2 aromatic rings. The fraction of sp³-hybridized carbons (Fsp3) is 0.556.